The summed E-state index contributed by atoms with van der Waals surface area (Å²) in [5.74, 6) is 0.208. The summed E-state index contributed by atoms with van der Waals surface area (Å²) in [6.45, 7) is 1.87. The third-order valence-corrected chi connectivity index (χ3v) is 7.23. The minimum Gasteiger partial charge on any atom is -0.495 e. The number of carbonyl (C=O) groups excluding carboxylic acids is 1. The van der Waals surface area contributed by atoms with Crippen LogP contribution in [0.4, 0.5) is 11.4 Å². The SMILES string of the molecule is COc1ccccc1NS(=O)(=O)c1ccc2oc(SCC(=O)Nc3cc(Cl)ccc3C)nc2c1. The zero-order valence-electron chi connectivity index (χ0n) is 18.2. The molecule has 11 heteroatoms. The molecule has 0 unspecified atom stereocenters. The Labute approximate surface area is 205 Å². The Morgan fingerprint density at radius 2 is 1.91 bits per heavy atom. The van der Waals surface area contributed by atoms with Crippen LogP contribution in [0.5, 0.6) is 5.75 Å². The van der Waals surface area contributed by atoms with Gasteiger partial charge in [0.2, 0.25) is 5.91 Å². The molecule has 0 aliphatic rings. The molecule has 0 fully saturated rings. The molecule has 4 rings (SSSR count). The number of rotatable bonds is 8. The first kappa shape index (κ1) is 23.9. The summed E-state index contributed by atoms with van der Waals surface area (Å²) in [6, 6.07) is 16.3. The fourth-order valence-corrected chi connectivity index (χ4v) is 4.99. The smallest absolute Gasteiger partial charge is 0.262 e. The number of thioether (sulfide) groups is 1. The van der Waals surface area contributed by atoms with E-state index in [0.29, 0.717) is 33.2 Å². The average molecular weight is 518 g/mol. The van der Waals surface area contributed by atoms with Gasteiger partial charge in [0.05, 0.1) is 23.4 Å². The second kappa shape index (κ2) is 9.96. The lowest BCUT2D eigenvalue weighted by Crippen LogP contribution is -2.14. The molecule has 0 bridgehead atoms. The molecule has 1 heterocycles. The maximum Gasteiger partial charge on any atom is 0.262 e. The van der Waals surface area contributed by atoms with Gasteiger partial charge in [0.25, 0.3) is 15.2 Å². The minimum atomic E-state index is -3.89. The Bertz CT molecular complexity index is 1470. The molecule has 1 aromatic heterocycles. The molecular weight excluding hydrogens is 498 g/mol. The van der Waals surface area contributed by atoms with Crippen LogP contribution in [0.25, 0.3) is 11.1 Å². The number of anilines is 2. The van der Waals surface area contributed by atoms with E-state index in [4.69, 9.17) is 20.8 Å². The van der Waals surface area contributed by atoms with Gasteiger partial charge in [-0.25, -0.2) is 13.4 Å². The number of hydrogen-bond acceptors (Lipinski definition) is 7. The number of carbonyl (C=O) groups is 1. The van der Waals surface area contributed by atoms with Crippen LogP contribution in [0, 0.1) is 6.92 Å². The van der Waals surface area contributed by atoms with Crippen molar-refractivity contribution in [2.24, 2.45) is 0 Å². The number of nitrogens with one attached hydrogen (secondary N) is 2. The largest absolute Gasteiger partial charge is 0.495 e. The number of aromatic nitrogens is 1. The quantitative estimate of drug-likeness (QED) is 0.304. The first-order chi connectivity index (χ1) is 16.2. The van der Waals surface area contributed by atoms with Crippen LogP contribution in [-0.2, 0) is 14.8 Å². The first-order valence-electron chi connectivity index (χ1n) is 10.0. The molecule has 3 aromatic carbocycles. The predicted molar refractivity (Wildman–Crippen MR) is 133 cm³/mol. The predicted octanol–water partition coefficient (Wildman–Crippen LogP) is 5.33. The Kier molecular flexibility index (Phi) is 7.01. The number of fused-ring (bicyclic) bond motifs is 1. The lowest BCUT2D eigenvalue weighted by Gasteiger charge is -2.11. The summed E-state index contributed by atoms with van der Waals surface area (Å²) in [6.07, 6.45) is 0. The van der Waals surface area contributed by atoms with Gasteiger partial charge in [0, 0.05) is 10.7 Å². The highest BCUT2D eigenvalue weighted by Crippen LogP contribution is 2.29. The van der Waals surface area contributed by atoms with Gasteiger partial charge in [-0.1, -0.05) is 41.6 Å². The van der Waals surface area contributed by atoms with Crippen LogP contribution in [0.2, 0.25) is 5.02 Å². The van der Waals surface area contributed by atoms with Gasteiger partial charge in [-0.05, 0) is 55.0 Å². The number of benzene rings is 3. The van der Waals surface area contributed by atoms with E-state index in [1.807, 2.05) is 13.0 Å². The molecule has 0 atom stereocenters. The van der Waals surface area contributed by atoms with Gasteiger partial charge in [-0.15, -0.1) is 0 Å². The Hall–Kier alpha value is -3.21. The highest BCUT2D eigenvalue weighted by atomic mass is 35.5. The van der Waals surface area contributed by atoms with Crippen LogP contribution in [0.1, 0.15) is 5.56 Å². The van der Waals surface area contributed by atoms with Crippen LogP contribution in [0.15, 0.2) is 75.2 Å². The van der Waals surface area contributed by atoms with E-state index >= 15 is 0 Å². The molecular formula is C23H20ClN3O5S2. The number of methoxy groups -OCH3 is 1. The average Bonchev–Trinajstić information content (AvgIpc) is 3.22. The van der Waals surface area contributed by atoms with Gasteiger partial charge in [-0.3, -0.25) is 9.52 Å². The highest BCUT2D eigenvalue weighted by molar-refractivity contribution is 7.99. The van der Waals surface area contributed by atoms with Crippen molar-refractivity contribution in [3.63, 3.8) is 0 Å². The summed E-state index contributed by atoms with van der Waals surface area (Å²) in [7, 11) is -2.43. The molecule has 34 heavy (non-hydrogen) atoms. The number of ether oxygens (including phenoxy) is 1. The van der Waals surface area contributed by atoms with Gasteiger partial charge in [-0.2, -0.15) is 0 Å². The Morgan fingerprint density at radius 1 is 1.12 bits per heavy atom. The monoisotopic (exact) mass is 517 g/mol. The van der Waals surface area contributed by atoms with E-state index in [1.54, 1.807) is 36.4 Å². The van der Waals surface area contributed by atoms with E-state index in [1.165, 1.54) is 25.3 Å². The zero-order chi connectivity index (χ0) is 24.3. The van der Waals surface area contributed by atoms with Crippen molar-refractivity contribution in [2.75, 3.05) is 22.9 Å². The second-order valence-corrected chi connectivity index (χ2v) is 10.3. The van der Waals surface area contributed by atoms with Gasteiger partial charge >= 0.3 is 0 Å². The minimum absolute atomic E-state index is 0.0185. The fraction of sp³-hybridized carbons (Fsp3) is 0.130. The summed E-state index contributed by atoms with van der Waals surface area (Å²) >= 11 is 7.09. The van der Waals surface area contributed by atoms with Crippen molar-refractivity contribution in [3.8, 4) is 5.75 Å². The Morgan fingerprint density at radius 3 is 2.71 bits per heavy atom. The number of sulfonamides is 1. The van der Waals surface area contributed by atoms with Crippen molar-refractivity contribution >= 4 is 61.8 Å². The maximum atomic E-state index is 12.9. The lowest BCUT2D eigenvalue weighted by molar-refractivity contribution is -0.113. The summed E-state index contributed by atoms with van der Waals surface area (Å²) < 4.78 is 39.1. The van der Waals surface area contributed by atoms with E-state index in [0.717, 1.165) is 17.3 Å². The number of aryl methyl sites for hydroxylation is 1. The molecule has 2 N–H and O–H groups in total. The summed E-state index contributed by atoms with van der Waals surface area (Å²) in [5, 5.41) is 3.58. The first-order valence-corrected chi connectivity index (χ1v) is 12.8. The third-order valence-electron chi connectivity index (χ3n) is 4.80. The summed E-state index contributed by atoms with van der Waals surface area (Å²) in [5.41, 5.74) is 2.61. The van der Waals surface area contributed by atoms with Gasteiger partial charge in [0.15, 0.2) is 5.58 Å². The maximum absolute atomic E-state index is 12.9. The van der Waals surface area contributed by atoms with Crippen molar-refractivity contribution in [2.45, 2.75) is 17.0 Å². The van der Waals surface area contributed by atoms with E-state index in [-0.39, 0.29) is 21.8 Å². The molecule has 176 valence electrons. The molecule has 0 saturated heterocycles. The number of nitrogens with zero attached hydrogens (tertiary/aromatic N) is 1. The second-order valence-electron chi connectivity index (χ2n) is 7.21. The van der Waals surface area contributed by atoms with Crippen molar-refractivity contribution in [1.29, 1.82) is 0 Å². The van der Waals surface area contributed by atoms with E-state index in [9.17, 15) is 13.2 Å². The molecule has 8 nitrogen and oxygen atoms in total. The molecule has 0 aliphatic carbocycles. The van der Waals surface area contributed by atoms with Gasteiger partial charge in [0.1, 0.15) is 11.3 Å². The molecule has 4 aromatic rings. The highest BCUT2D eigenvalue weighted by Gasteiger charge is 2.19. The summed E-state index contributed by atoms with van der Waals surface area (Å²) in [4.78, 5) is 16.7. The number of para-hydroxylation sites is 2. The van der Waals surface area contributed by atoms with Crippen molar-refractivity contribution < 1.29 is 22.4 Å². The standard InChI is InChI=1S/C23H20ClN3O5S2/c1-14-7-8-15(24)11-18(14)25-22(28)13-33-23-26-19-12-16(9-10-21(19)32-23)34(29,30)27-17-5-3-4-6-20(17)31-2/h3-12,27H,13H2,1-2H3,(H,25,28). The molecule has 0 saturated carbocycles. The molecule has 0 radical (unpaired) electrons. The molecule has 0 aliphatic heterocycles. The normalized spacial score (nSPS) is 11.4. The number of halogens is 1. The van der Waals surface area contributed by atoms with Crippen LogP contribution in [0.3, 0.4) is 0 Å². The topological polar surface area (TPSA) is 111 Å². The zero-order valence-corrected chi connectivity index (χ0v) is 20.6. The van der Waals surface area contributed by atoms with Crippen LogP contribution >= 0.6 is 23.4 Å². The van der Waals surface area contributed by atoms with Crippen molar-refractivity contribution in [3.05, 3.63) is 71.2 Å². The van der Waals surface area contributed by atoms with E-state index < -0.39 is 10.0 Å². The fourth-order valence-electron chi connectivity index (χ4n) is 3.09. The van der Waals surface area contributed by atoms with Gasteiger partial charge < -0.3 is 14.5 Å². The van der Waals surface area contributed by atoms with Crippen LogP contribution in [-0.4, -0.2) is 32.2 Å². The third kappa shape index (κ3) is 5.46. The van der Waals surface area contributed by atoms with Crippen molar-refractivity contribution in [1.82, 2.24) is 4.98 Å². The lowest BCUT2D eigenvalue weighted by atomic mass is 10.2. The number of hydrogen-bond donors (Lipinski definition) is 2. The Balaban J connectivity index is 1.46. The van der Waals surface area contributed by atoms with E-state index in [2.05, 4.69) is 15.0 Å². The molecule has 0 spiro atoms. The number of oxazole rings is 1. The molecule has 1 amide bonds. The number of amides is 1. The van der Waals surface area contributed by atoms with Crippen LogP contribution < -0.4 is 14.8 Å².